The number of fused-ring (bicyclic) bond motifs is 2. The van der Waals surface area contributed by atoms with Gasteiger partial charge in [-0.3, -0.25) is 0 Å². The number of rotatable bonds is 2. The first kappa shape index (κ1) is 20.3. The Morgan fingerprint density at radius 2 is 1.00 bits per heavy atom. The van der Waals surface area contributed by atoms with Crippen molar-refractivity contribution in [2.45, 2.75) is 58.1 Å². The SMILES string of the molecule is CC1=Cc2c(C)cc(C)cc2[CH]1[Zr]([CH3])([CH3])(=[SiH2])[CH]1C(C)=Cc2c(C)cc(C)cc21. The zero-order chi connectivity index (χ0) is 20.6. The van der Waals surface area contributed by atoms with Crippen molar-refractivity contribution in [3.05, 3.63) is 79.9 Å². The molecular formula is C26H34SiZr. The summed E-state index contributed by atoms with van der Waals surface area (Å²) in [5.41, 5.74) is 15.1. The second-order valence-corrected chi connectivity index (χ2v) is 41.2. The van der Waals surface area contributed by atoms with E-state index >= 15 is 0 Å². The molecule has 0 heterocycles. The van der Waals surface area contributed by atoms with E-state index in [1.54, 1.807) is 22.3 Å². The molecule has 146 valence electrons. The molecule has 2 aromatic rings. The van der Waals surface area contributed by atoms with E-state index in [-0.39, 0.29) is 0 Å². The fourth-order valence-corrected chi connectivity index (χ4v) is 27.9. The first-order valence-electron chi connectivity index (χ1n) is 10.5. The predicted octanol–water partition coefficient (Wildman–Crippen LogP) is 6.87. The number of aryl methyl sites for hydroxylation is 4. The maximum atomic E-state index is 2.73. The molecule has 2 aromatic carbocycles. The second-order valence-electron chi connectivity index (χ2n) is 10.7. The number of allylic oxidation sites excluding steroid dienone is 2. The number of hydrogen-bond donors (Lipinski definition) is 0. The average molecular weight is 466 g/mol. The molecule has 0 aliphatic heterocycles. The molecule has 0 N–H and O–H groups in total. The topological polar surface area (TPSA) is 0 Å². The molecule has 2 aliphatic rings. The van der Waals surface area contributed by atoms with Gasteiger partial charge in [-0.15, -0.1) is 0 Å². The van der Waals surface area contributed by atoms with Gasteiger partial charge < -0.3 is 0 Å². The van der Waals surface area contributed by atoms with Crippen LogP contribution in [0.15, 0.2) is 35.4 Å². The van der Waals surface area contributed by atoms with Crippen molar-refractivity contribution >= 4 is 19.0 Å². The van der Waals surface area contributed by atoms with Crippen LogP contribution in [-0.2, 0) is 17.4 Å². The normalized spacial score (nSPS) is 21.3. The minimum atomic E-state index is -3.28. The molecule has 0 saturated carbocycles. The summed E-state index contributed by atoms with van der Waals surface area (Å²) in [7, 11) is 0. The van der Waals surface area contributed by atoms with Crippen molar-refractivity contribution in [2.75, 3.05) is 0 Å². The fraction of sp³-hybridized carbons (Fsp3) is 0.385. The van der Waals surface area contributed by atoms with Gasteiger partial charge in [-0.2, -0.15) is 0 Å². The number of benzene rings is 2. The molecule has 4 rings (SSSR count). The second kappa shape index (κ2) is 6.26. The molecule has 0 fully saturated rings. The summed E-state index contributed by atoms with van der Waals surface area (Å²) in [6.07, 6.45) is 5.00. The van der Waals surface area contributed by atoms with E-state index in [0.717, 1.165) is 0 Å². The van der Waals surface area contributed by atoms with E-state index in [0.29, 0.717) is 7.25 Å². The predicted molar refractivity (Wildman–Crippen MR) is 125 cm³/mol. The van der Waals surface area contributed by atoms with Crippen LogP contribution in [0.1, 0.15) is 65.6 Å². The van der Waals surface area contributed by atoms with E-state index in [2.05, 4.69) is 94.1 Å². The van der Waals surface area contributed by atoms with Gasteiger partial charge in [0, 0.05) is 0 Å². The zero-order valence-corrected chi connectivity index (χ0v) is 22.7. The third-order valence-corrected chi connectivity index (χ3v) is 25.2. The van der Waals surface area contributed by atoms with Gasteiger partial charge in [0.15, 0.2) is 0 Å². The quantitative estimate of drug-likeness (QED) is 0.424. The Labute approximate surface area is 173 Å². The molecule has 0 bridgehead atoms. The summed E-state index contributed by atoms with van der Waals surface area (Å²) >= 11 is -3.28. The Morgan fingerprint density at radius 3 is 1.36 bits per heavy atom. The van der Waals surface area contributed by atoms with Crippen molar-refractivity contribution < 1.29 is 17.4 Å². The van der Waals surface area contributed by atoms with E-state index in [4.69, 9.17) is 0 Å². The average Bonchev–Trinajstić information content (AvgIpc) is 3.04. The van der Waals surface area contributed by atoms with Crippen LogP contribution >= 0.6 is 0 Å². The van der Waals surface area contributed by atoms with Gasteiger partial charge in [0.05, 0.1) is 0 Å². The van der Waals surface area contributed by atoms with Crippen LogP contribution in [0.5, 0.6) is 0 Å². The molecule has 0 aromatic heterocycles. The molecule has 2 aliphatic carbocycles. The Morgan fingerprint density at radius 1 is 0.643 bits per heavy atom. The first-order valence-corrected chi connectivity index (χ1v) is 24.2. The number of hydrogen-bond acceptors (Lipinski definition) is 0. The first-order chi connectivity index (χ1) is 12.9. The van der Waals surface area contributed by atoms with Crippen LogP contribution in [0.2, 0.25) is 9.26 Å². The van der Waals surface area contributed by atoms with Gasteiger partial charge in [0.1, 0.15) is 0 Å². The van der Waals surface area contributed by atoms with Crippen LogP contribution in [0.25, 0.3) is 12.2 Å². The van der Waals surface area contributed by atoms with E-state index < -0.39 is 17.4 Å². The van der Waals surface area contributed by atoms with Crippen molar-refractivity contribution in [1.29, 1.82) is 0 Å². The van der Waals surface area contributed by atoms with Crippen molar-refractivity contribution in [2.24, 2.45) is 0 Å². The van der Waals surface area contributed by atoms with Crippen molar-refractivity contribution in [3.8, 4) is 0 Å². The summed E-state index contributed by atoms with van der Waals surface area (Å²) in [5, 5.41) is 0. The van der Waals surface area contributed by atoms with E-state index in [9.17, 15) is 0 Å². The van der Waals surface area contributed by atoms with Crippen LogP contribution < -0.4 is 0 Å². The third kappa shape index (κ3) is 2.86. The maximum absolute atomic E-state index is 3.28. The molecular weight excluding hydrogens is 432 g/mol. The van der Waals surface area contributed by atoms with Crippen LogP contribution in [0.4, 0.5) is 0 Å². The Bertz CT molecular complexity index is 1070. The van der Waals surface area contributed by atoms with Crippen LogP contribution in [0.3, 0.4) is 0 Å². The summed E-state index contributed by atoms with van der Waals surface area (Å²) < 4.78 is 6.72. The Balaban J connectivity index is 1.97. The summed E-state index contributed by atoms with van der Waals surface area (Å²) in [6.45, 7) is 16.3. The van der Waals surface area contributed by atoms with Gasteiger partial charge in [-0.05, 0) is 0 Å². The summed E-state index contributed by atoms with van der Waals surface area (Å²) in [5.74, 6) is 0. The van der Waals surface area contributed by atoms with Gasteiger partial charge >= 0.3 is 174 Å². The van der Waals surface area contributed by atoms with Gasteiger partial charge in [-0.25, -0.2) is 0 Å². The molecule has 2 unspecified atom stereocenters. The Hall–Kier alpha value is -0.980. The molecule has 0 amide bonds. The van der Waals surface area contributed by atoms with Crippen molar-refractivity contribution in [1.82, 2.24) is 0 Å². The molecule has 0 saturated heterocycles. The van der Waals surface area contributed by atoms with E-state index in [1.165, 1.54) is 33.4 Å². The molecule has 28 heavy (non-hydrogen) atoms. The summed E-state index contributed by atoms with van der Waals surface area (Å²) in [6, 6.07) is 9.68. The zero-order valence-electron chi connectivity index (χ0n) is 18.8. The van der Waals surface area contributed by atoms with Crippen molar-refractivity contribution in [3.63, 3.8) is 0 Å². The molecule has 2 atom stereocenters. The molecule has 0 spiro atoms. The Kier molecular flexibility index (Phi) is 4.54. The molecule has 0 nitrogen and oxygen atoms in total. The van der Waals surface area contributed by atoms with Gasteiger partial charge in [-0.1, -0.05) is 0 Å². The standard InChI is InChI=1S/2C12H13.2CH3.H2Si.Zr/c2*1-8-4-10(3)12-7-9(2)6-11(12)5-8;;;;/h2*4-7H,1-3H3;2*1H3;1H2;. The van der Waals surface area contributed by atoms with Gasteiger partial charge in [0.2, 0.25) is 0 Å². The van der Waals surface area contributed by atoms with Crippen LogP contribution in [0, 0.1) is 27.7 Å². The fourth-order valence-electron chi connectivity index (χ4n) is 6.69. The third-order valence-electron chi connectivity index (χ3n) is 7.30. The summed E-state index contributed by atoms with van der Waals surface area (Å²) in [4.78, 5) is 0. The van der Waals surface area contributed by atoms with E-state index in [1.807, 2.05) is 0 Å². The monoisotopic (exact) mass is 464 g/mol. The minimum absolute atomic E-state index is 0.633. The van der Waals surface area contributed by atoms with Gasteiger partial charge in [0.25, 0.3) is 0 Å². The molecule has 2 heteroatoms. The van der Waals surface area contributed by atoms with Crippen LogP contribution in [-0.4, -0.2) is 6.88 Å². The molecule has 0 radical (unpaired) electrons.